The molecule has 62 valence electrons. The van der Waals surface area contributed by atoms with Crippen LogP contribution >= 0.6 is 24.0 Å². The zero-order chi connectivity index (χ0) is 8.41. The molecule has 7 heteroatoms. The third-order valence-electron chi connectivity index (χ3n) is 0.799. The van der Waals surface area contributed by atoms with Crippen molar-refractivity contribution in [3.8, 4) is 12.1 Å². The highest BCUT2D eigenvalue weighted by Gasteiger charge is 2.39. The van der Waals surface area contributed by atoms with Gasteiger partial charge in [-0.25, -0.2) is 8.42 Å². The molecule has 0 N–H and O–H groups in total. The van der Waals surface area contributed by atoms with E-state index in [0.29, 0.717) is 0 Å². The van der Waals surface area contributed by atoms with Crippen molar-refractivity contribution in [2.75, 3.05) is 6.26 Å². The van der Waals surface area contributed by atoms with E-state index in [1.165, 1.54) is 12.1 Å². The summed E-state index contributed by atoms with van der Waals surface area (Å²) in [5.74, 6) is 0. The lowest BCUT2D eigenvalue weighted by molar-refractivity contribution is 0.598. The van der Waals surface area contributed by atoms with E-state index in [0.717, 1.165) is 6.26 Å². The Morgan fingerprint density at radius 1 is 1.36 bits per heavy atom. The molecular formula is C4H4Cl2N2O2S. The quantitative estimate of drug-likeness (QED) is 0.594. The smallest absolute Gasteiger partial charge is 0.225 e. The first-order valence-corrected chi connectivity index (χ1v) is 4.35. The van der Waals surface area contributed by atoms with Crippen LogP contribution in [-0.4, -0.2) is 18.9 Å². The first kappa shape index (κ1) is 13.1. The van der Waals surface area contributed by atoms with Gasteiger partial charge in [-0.3, -0.25) is 0 Å². The highest BCUT2D eigenvalue weighted by molar-refractivity contribution is 7.94. The molecule has 4 nitrogen and oxygen atoms in total. The molecule has 0 aromatic heterocycles. The van der Waals surface area contributed by atoms with Crippen molar-refractivity contribution in [1.82, 2.24) is 0 Å². The molecule has 0 aliphatic heterocycles. The topological polar surface area (TPSA) is 81.7 Å². The van der Waals surface area contributed by atoms with Gasteiger partial charge < -0.3 is 0 Å². The average molecular weight is 215 g/mol. The monoisotopic (exact) mass is 214 g/mol. The fourth-order valence-corrected chi connectivity index (χ4v) is 0.522. The normalized spacial score (nSPS) is 10.5. The minimum absolute atomic E-state index is 0. The Labute approximate surface area is 75.7 Å². The minimum atomic E-state index is -3.82. The van der Waals surface area contributed by atoms with Crippen LogP contribution in [0.1, 0.15) is 0 Å². The van der Waals surface area contributed by atoms with Crippen LogP contribution in [-0.2, 0) is 9.84 Å². The number of alkyl halides is 1. The summed E-state index contributed by atoms with van der Waals surface area (Å²) in [5.41, 5.74) is 0. The van der Waals surface area contributed by atoms with Gasteiger partial charge in [0.05, 0.1) is 0 Å². The number of hydrogen-bond acceptors (Lipinski definition) is 4. The maximum absolute atomic E-state index is 10.5. The Morgan fingerprint density at radius 2 is 1.64 bits per heavy atom. The van der Waals surface area contributed by atoms with E-state index in [1.54, 1.807) is 0 Å². The second-order valence-corrected chi connectivity index (χ2v) is 4.54. The summed E-state index contributed by atoms with van der Waals surface area (Å²) < 4.78 is 18.7. The van der Waals surface area contributed by atoms with E-state index in [4.69, 9.17) is 22.1 Å². The predicted molar refractivity (Wildman–Crippen MR) is 41.9 cm³/mol. The largest absolute Gasteiger partial charge is 0.314 e. The summed E-state index contributed by atoms with van der Waals surface area (Å²) in [6, 6.07) is 2.37. The molecule has 0 rings (SSSR count). The molecule has 0 saturated heterocycles. The second-order valence-electron chi connectivity index (χ2n) is 1.59. The van der Waals surface area contributed by atoms with E-state index in [2.05, 4.69) is 0 Å². The molecule has 0 heterocycles. The fourth-order valence-electron chi connectivity index (χ4n) is 0.191. The van der Waals surface area contributed by atoms with Crippen LogP contribution in [0.25, 0.3) is 0 Å². The van der Waals surface area contributed by atoms with Gasteiger partial charge in [0.2, 0.25) is 0 Å². The van der Waals surface area contributed by atoms with Crippen LogP contribution in [0.5, 0.6) is 0 Å². The van der Waals surface area contributed by atoms with Crippen molar-refractivity contribution in [3.05, 3.63) is 0 Å². The molecule has 0 amide bonds. The van der Waals surface area contributed by atoms with E-state index in [1.807, 2.05) is 0 Å². The van der Waals surface area contributed by atoms with Crippen LogP contribution in [0.4, 0.5) is 0 Å². The zero-order valence-electron chi connectivity index (χ0n) is 5.41. The Morgan fingerprint density at radius 3 is 1.64 bits per heavy atom. The summed E-state index contributed by atoms with van der Waals surface area (Å²) in [7, 11) is -3.82. The van der Waals surface area contributed by atoms with Gasteiger partial charge in [0.25, 0.3) is 0 Å². The molecule has 0 fully saturated rings. The van der Waals surface area contributed by atoms with Crippen molar-refractivity contribution >= 4 is 33.8 Å². The number of hydrogen-bond donors (Lipinski definition) is 0. The number of rotatable bonds is 1. The Kier molecular flexibility index (Phi) is 4.50. The Balaban J connectivity index is 0. The van der Waals surface area contributed by atoms with Gasteiger partial charge >= 0.3 is 4.21 Å². The van der Waals surface area contributed by atoms with Crippen molar-refractivity contribution < 1.29 is 8.42 Å². The summed E-state index contributed by atoms with van der Waals surface area (Å²) >= 11 is 5.07. The van der Waals surface area contributed by atoms with E-state index in [-0.39, 0.29) is 12.4 Å². The molecule has 0 atom stereocenters. The average Bonchev–Trinajstić information content (AvgIpc) is 1.84. The summed E-state index contributed by atoms with van der Waals surface area (Å²) in [5, 5.41) is 16.3. The molecule has 0 bridgehead atoms. The van der Waals surface area contributed by atoms with Crippen molar-refractivity contribution in [2.45, 2.75) is 4.21 Å². The van der Waals surface area contributed by atoms with Gasteiger partial charge in [0.1, 0.15) is 12.1 Å². The summed E-state index contributed by atoms with van der Waals surface area (Å²) in [4.78, 5) is 0. The van der Waals surface area contributed by atoms with Gasteiger partial charge in [0, 0.05) is 6.26 Å². The highest BCUT2D eigenvalue weighted by Crippen LogP contribution is 2.19. The lowest BCUT2D eigenvalue weighted by Gasteiger charge is -2.04. The Hall–Kier alpha value is -0.490. The standard InChI is InChI=1S/C4H3ClN2O2S.ClH/c1-10(8,9)4(5,2-6)3-7;/h1H3;1H. The van der Waals surface area contributed by atoms with Crippen LogP contribution in [0.15, 0.2) is 0 Å². The minimum Gasteiger partial charge on any atom is -0.225 e. The van der Waals surface area contributed by atoms with Gasteiger partial charge in [-0.2, -0.15) is 10.5 Å². The molecule has 0 radical (unpaired) electrons. The van der Waals surface area contributed by atoms with Crippen LogP contribution in [0.3, 0.4) is 0 Å². The maximum atomic E-state index is 10.5. The lowest BCUT2D eigenvalue weighted by atomic mass is 10.5. The predicted octanol–water partition coefficient (Wildman–Crippen LogP) is 0.435. The molecule has 11 heavy (non-hydrogen) atoms. The zero-order valence-corrected chi connectivity index (χ0v) is 7.79. The Bertz CT molecular complexity index is 296. The number of halogens is 2. The van der Waals surface area contributed by atoms with E-state index in [9.17, 15) is 8.42 Å². The summed E-state index contributed by atoms with van der Waals surface area (Å²) in [6.45, 7) is 0. The number of nitriles is 2. The van der Waals surface area contributed by atoms with Crippen LogP contribution in [0.2, 0.25) is 0 Å². The second kappa shape index (κ2) is 3.77. The third-order valence-corrected chi connectivity index (χ3v) is 3.01. The van der Waals surface area contributed by atoms with Crippen molar-refractivity contribution in [2.24, 2.45) is 0 Å². The first-order chi connectivity index (χ1) is 4.37. The fraction of sp³-hybridized carbons (Fsp3) is 0.500. The molecule has 0 unspecified atom stereocenters. The molecule has 0 aromatic rings. The van der Waals surface area contributed by atoms with E-state index >= 15 is 0 Å². The molecule has 0 aromatic carbocycles. The van der Waals surface area contributed by atoms with Gasteiger partial charge in [-0.1, -0.05) is 11.6 Å². The van der Waals surface area contributed by atoms with Gasteiger partial charge in [-0.15, -0.1) is 12.4 Å². The molecular weight excluding hydrogens is 211 g/mol. The molecule has 0 saturated carbocycles. The number of sulfone groups is 1. The molecule has 0 aliphatic carbocycles. The summed E-state index contributed by atoms with van der Waals surface area (Å²) in [6.07, 6.45) is 0.729. The van der Waals surface area contributed by atoms with Crippen molar-refractivity contribution in [1.29, 1.82) is 10.5 Å². The van der Waals surface area contributed by atoms with Crippen LogP contribution in [0, 0.1) is 22.7 Å². The number of nitrogens with zero attached hydrogens (tertiary/aromatic N) is 2. The molecule has 0 aliphatic rings. The van der Waals surface area contributed by atoms with Crippen LogP contribution < -0.4 is 0 Å². The van der Waals surface area contributed by atoms with E-state index < -0.39 is 14.0 Å². The first-order valence-electron chi connectivity index (χ1n) is 2.08. The maximum Gasteiger partial charge on any atom is 0.314 e. The SMILES string of the molecule is CS(=O)(=O)C(Cl)(C#N)C#N.Cl. The lowest BCUT2D eigenvalue weighted by Crippen LogP contribution is -2.27. The van der Waals surface area contributed by atoms with Gasteiger partial charge in [0.15, 0.2) is 9.84 Å². The van der Waals surface area contributed by atoms with Crippen molar-refractivity contribution in [3.63, 3.8) is 0 Å². The third kappa shape index (κ3) is 2.55. The van der Waals surface area contributed by atoms with Gasteiger partial charge in [-0.05, 0) is 0 Å². The molecule has 0 spiro atoms. The highest BCUT2D eigenvalue weighted by atomic mass is 35.5.